The van der Waals surface area contributed by atoms with Crippen molar-refractivity contribution in [1.29, 1.82) is 0 Å². The predicted octanol–water partition coefficient (Wildman–Crippen LogP) is 4.43. The van der Waals surface area contributed by atoms with Crippen LogP contribution in [0.1, 0.15) is 24.5 Å². The number of benzene rings is 2. The molecule has 1 aliphatic rings. The van der Waals surface area contributed by atoms with E-state index in [1.165, 1.54) is 35.4 Å². The zero-order valence-electron chi connectivity index (χ0n) is 12.4. The minimum atomic E-state index is -0.356. The van der Waals surface area contributed by atoms with E-state index in [1.54, 1.807) is 25.1 Å². The maximum Gasteiger partial charge on any atom is 0.237 e. The summed E-state index contributed by atoms with van der Waals surface area (Å²) in [4.78, 5) is 12.8. The number of halogens is 1. The largest absolute Gasteiger partial charge is 0.325 e. The third-order valence-corrected chi connectivity index (χ3v) is 5.03. The van der Waals surface area contributed by atoms with Crippen molar-refractivity contribution in [3.63, 3.8) is 0 Å². The van der Waals surface area contributed by atoms with E-state index in [9.17, 15) is 9.18 Å². The topological polar surface area (TPSA) is 29.1 Å². The molecule has 2 aromatic carbocycles. The Balaban J connectivity index is 1.65. The molecule has 1 atom stereocenters. The number of fused-ring (bicyclic) bond motifs is 1. The van der Waals surface area contributed by atoms with Crippen molar-refractivity contribution in [3.05, 3.63) is 59.4 Å². The molecule has 0 fully saturated rings. The lowest BCUT2D eigenvalue weighted by Gasteiger charge is -2.13. The first kappa shape index (κ1) is 15.1. The van der Waals surface area contributed by atoms with Gasteiger partial charge in [0.15, 0.2) is 0 Å². The van der Waals surface area contributed by atoms with E-state index < -0.39 is 0 Å². The molecule has 2 aromatic rings. The Hall–Kier alpha value is -1.81. The second kappa shape index (κ2) is 6.53. The van der Waals surface area contributed by atoms with Gasteiger partial charge in [-0.25, -0.2) is 4.39 Å². The van der Waals surface area contributed by atoms with Crippen molar-refractivity contribution >= 4 is 23.4 Å². The summed E-state index contributed by atoms with van der Waals surface area (Å²) in [5, 5.41) is 2.57. The van der Waals surface area contributed by atoms with E-state index in [0.717, 1.165) is 18.5 Å². The maximum absolute atomic E-state index is 13.6. The fraction of sp³-hybridized carbons (Fsp3) is 0.278. The summed E-state index contributed by atoms with van der Waals surface area (Å²) >= 11 is 1.24. The van der Waals surface area contributed by atoms with Gasteiger partial charge in [0.05, 0.1) is 5.25 Å². The van der Waals surface area contributed by atoms with Gasteiger partial charge < -0.3 is 5.32 Å². The van der Waals surface area contributed by atoms with Crippen molar-refractivity contribution in [2.45, 2.75) is 36.3 Å². The molecule has 0 bridgehead atoms. The third kappa shape index (κ3) is 3.33. The number of aryl methyl sites for hydroxylation is 2. The van der Waals surface area contributed by atoms with Crippen LogP contribution in [0.4, 0.5) is 10.1 Å². The first-order valence-electron chi connectivity index (χ1n) is 7.47. The monoisotopic (exact) mass is 315 g/mol. The first-order valence-corrected chi connectivity index (χ1v) is 8.35. The molecule has 114 valence electrons. The van der Waals surface area contributed by atoms with Gasteiger partial charge in [-0.3, -0.25) is 4.79 Å². The molecule has 0 aliphatic heterocycles. The highest BCUT2D eigenvalue weighted by Crippen LogP contribution is 2.28. The number of amides is 1. The molecule has 0 saturated carbocycles. The summed E-state index contributed by atoms with van der Waals surface area (Å²) in [5.74, 6) is -0.393. The van der Waals surface area contributed by atoms with Crippen molar-refractivity contribution in [3.8, 4) is 0 Å². The molecule has 0 unspecified atom stereocenters. The van der Waals surface area contributed by atoms with Crippen LogP contribution in [0.3, 0.4) is 0 Å². The standard InChI is InChI=1S/C18H18FNOS/c1-12(22-17-8-3-2-7-16(17)19)18(21)20-15-10-9-13-5-4-6-14(13)11-15/h2-3,7-12H,4-6H2,1H3,(H,20,21)/t12-/m1/s1. The Morgan fingerprint density at radius 3 is 2.77 bits per heavy atom. The molecular weight excluding hydrogens is 297 g/mol. The van der Waals surface area contributed by atoms with Crippen LogP contribution in [0, 0.1) is 5.82 Å². The number of anilines is 1. The van der Waals surface area contributed by atoms with Crippen LogP contribution in [0.5, 0.6) is 0 Å². The van der Waals surface area contributed by atoms with Crippen LogP contribution < -0.4 is 5.32 Å². The average molecular weight is 315 g/mol. The van der Waals surface area contributed by atoms with Crippen molar-refractivity contribution in [1.82, 2.24) is 0 Å². The molecule has 4 heteroatoms. The van der Waals surface area contributed by atoms with Crippen LogP contribution in [-0.4, -0.2) is 11.2 Å². The zero-order valence-corrected chi connectivity index (χ0v) is 13.3. The Kier molecular flexibility index (Phi) is 4.48. The molecule has 3 rings (SSSR count). The molecule has 1 N–H and O–H groups in total. The van der Waals surface area contributed by atoms with Crippen molar-refractivity contribution in [2.75, 3.05) is 5.32 Å². The van der Waals surface area contributed by atoms with Crippen molar-refractivity contribution in [2.24, 2.45) is 0 Å². The van der Waals surface area contributed by atoms with Crippen LogP contribution in [-0.2, 0) is 17.6 Å². The quantitative estimate of drug-likeness (QED) is 0.846. The minimum absolute atomic E-state index is 0.105. The summed E-state index contributed by atoms with van der Waals surface area (Å²) in [6, 6.07) is 12.6. The van der Waals surface area contributed by atoms with E-state index in [4.69, 9.17) is 0 Å². The summed E-state index contributed by atoms with van der Waals surface area (Å²) in [6.45, 7) is 1.79. The van der Waals surface area contributed by atoms with Gasteiger partial charge in [0.1, 0.15) is 5.82 Å². The molecule has 0 aromatic heterocycles. The molecule has 22 heavy (non-hydrogen) atoms. The highest BCUT2D eigenvalue weighted by Gasteiger charge is 2.17. The smallest absolute Gasteiger partial charge is 0.237 e. The first-order chi connectivity index (χ1) is 10.6. The fourth-order valence-corrected chi connectivity index (χ4v) is 3.56. The lowest BCUT2D eigenvalue weighted by atomic mass is 10.1. The third-order valence-electron chi connectivity index (χ3n) is 3.88. The van der Waals surface area contributed by atoms with E-state index in [-0.39, 0.29) is 17.0 Å². The fourth-order valence-electron chi connectivity index (χ4n) is 2.68. The van der Waals surface area contributed by atoms with Gasteiger partial charge in [-0.15, -0.1) is 11.8 Å². The molecule has 1 aliphatic carbocycles. The lowest BCUT2D eigenvalue weighted by molar-refractivity contribution is -0.115. The second-order valence-corrected chi connectivity index (χ2v) is 6.90. The van der Waals surface area contributed by atoms with Crippen LogP contribution in [0.15, 0.2) is 47.4 Å². The molecule has 2 nitrogen and oxygen atoms in total. The van der Waals surface area contributed by atoms with Gasteiger partial charge in [0.25, 0.3) is 0 Å². The Morgan fingerprint density at radius 2 is 1.95 bits per heavy atom. The Morgan fingerprint density at radius 1 is 1.18 bits per heavy atom. The van der Waals surface area contributed by atoms with Crippen LogP contribution in [0.2, 0.25) is 0 Å². The molecule has 0 radical (unpaired) electrons. The average Bonchev–Trinajstić information content (AvgIpc) is 2.97. The molecule has 0 heterocycles. The number of thioether (sulfide) groups is 1. The summed E-state index contributed by atoms with van der Waals surface area (Å²) < 4.78 is 13.6. The number of nitrogens with one attached hydrogen (secondary N) is 1. The Labute approximate surface area is 134 Å². The van der Waals surface area contributed by atoms with E-state index in [1.807, 2.05) is 6.07 Å². The van der Waals surface area contributed by atoms with E-state index in [0.29, 0.717) is 4.90 Å². The Bertz CT molecular complexity index is 701. The molecule has 0 saturated heterocycles. The number of rotatable bonds is 4. The maximum atomic E-state index is 13.6. The van der Waals surface area contributed by atoms with E-state index in [2.05, 4.69) is 17.4 Å². The highest BCUT2D eigenvalue weighted by atomic mass is 32.2. The number of carbonyl (C=O) groups excluding carboxylic acids is 1. The predicted molar refractivity (Wildman–Crippen MR) is 88.8 cm³/mol. The summed E-state index contributed by atoms with van der Waals surface area (Å²) in [7, 11) is 0. The van der Waals surface area contributed by atoms with Gasteiger partial charge in [0.2, 0.25) is 5.91 Å². The van der Waals surface area contributed by atoms with Crippen LogP contribution >= 0.6 is 11.8 Å². The minimum Gasteiger partial charge on any atom is -0.325 e. The van der Waals surface area contributed by atoms with Gasteiger partial charge in [-0.05, 0) is 61.6 Å². The van der Waals surface area contributed by atoms with Crippen molar-refractivity contribution < 1.29 is 9.18 Å². The number of hydrogen-bond donors (Lipinski definition) is 1. The summed E-state index contributed by atoms with van der Waals surface area (Å²) in [6.07, 6.45) is 3.40. The number of hydrogen-bond acceptors (Lipinski definition) is 2. The van der Waals surface area contributed by atoms with Gasteiger partial charge in [-0.2, -0.15) is 0 Å². The number of carbonyl (C=O) groups is 1. The van der Waals surface area contributed by atoms with Crippen LogP contribution in [0.25, 0.3) is 0 Å². The molecule has 0 spiro atoms. The molecular formula is C18H18FNOS. The van der Waals surface area contributed by atoms with Gasteiger partial charge in [0, 0.05) is 10.6 Å². The normalized spacial score (nSPS) is 14.5. The SMILES string of the molecule is C[C@@H](Sc1ccccc1F)C(=O)Nc1ccc2c(c1)CCC2. The summed E-state index contributed by atoms with van der Waals surface area (Å²) in [5.41, 5.74) is 3.53. The molecule has 1 amide bonds. The second-order valence-electron chi connectivity index (χ2n) is 5.52. The zero-order chi connectivity index (χ0) is 15.5. The van der Waals surface area contributed by atoms with Gasteiger partial charge in [-0.1, -0.05) is 18.2 Å². The highest BCUT2D eigenvalue weighted by molar-refractivity contribution is 8.00. The lowest BCUT2D eigenvalue weighted by Crippen LogP contribution is -2.22. The van der Waals surface area contributed by atoms with E-state index >= 15 is 0 Å². The van der Waals surface area contributed by atoms with Gasteiger partial charge >= 0.3 is 0 Å².